The van der Waals surface area contributed by atoms with Crippen molar-refractivity contribution < 1.29 is 4.79 Å². The Morgan fingerprint density at radius 2 is 1.81 bits per heavy atom. The summed E-state index contributed by atoms with van der Waals surface area (Å²) >= 11 is 0. The standard InChI is InChI=1S/C18H18N2O/c1-12-17(13(2)20(3)19-12)11-18(21)16-10-6-8-14-7-4-5-9-15(14)16/h4-10H,11H2,1-3H3. The molecule has 1 heterocycles. The fourth-order valence-electron chi connectivity index (χ4n) is 2.80. The van der Waals surface area contributed by atoms with E-state index in [-0.39, 0.29) is 5.78 Å². The Hall–Kier alpha value is -2.42. The molecule has 0 aliphatic rings. The molecule has 0 aliphatic heterocycles. The molecule has 3 rings (SSSR count). The molecule has 1 aromatic heterocycles. The van der Waals surface area contributed by atoms with Gasteiger partial charge in [-0.2, -0.15) is 5.10 Å². The largest absolute Gasteiger partial charge is 0.294 e. The highest BCUT2D eigenvalue weighted by Gasteiger charge is 2.16. The summed E-state index contributed by atoms with van der Waals surface area (Å²) in [6.07, 6.45) is 0.402. The lowest BCUT2D eigenvalue weighted by molar-refractivity contribution is 0.0994. The van der Waals surface area contributed by atoms with Gasteiger partial charge in [0, 0.05) is 30.3 Å². The number of benzene rings is 2. The summed E-state index contributed by atoms with van der Waals surface area (Å²) in [5, 5.41) is 6.50. The second-order valence-electron chi connectivity index (χ2n) is 5.40. The van der Waals surface area contributed by atoms with E-state index < -0.39 is 0 Å². The third kappa shape index (κ3) is 2.35. The van der Waals surface area contributed by atoms with Crippen molar-refractivity contribution >= 4 is 16.6 Å². The van der Waals surface area contributed by atoms with Gasteiger partial charge in [-0.3, -0.25) is 9.48 Å². The van der Waals surface area contributed by atoms with E-state index in [1.807, 2.05) is 68.0 Å². The van der Waals surface area contributed by atoms with Crippen LogP contribution in [0, 0.1) is 13.8 Å². The van der Waals surface area contributed by atoms with Crippen molar-refractivity contribution in [3.05, 3.63) is 65.0 Å². The highest BCUT2D eigenvalue weighted by Crippen LogP contribution is 2.21. The van der Waals surface area contributed by atoms with Crippen LogP contribution in [-0.2, 0) is 13.5 Å². The zero-order valence-electron chi connectivity index (χ0n) is 12.6. The van der Waals surface area contributed by atoms with E-state index in [9.17, 15) is 4.79 Å². The molecule has 106 valence electrons. The van der Waals surface area contributed by atoms with Crippen LogP contribution in [0.1, 0.15) is 27.3 Å². The highest BCUT2D eigenvalue weighted by atomic mass is 16.1. The van der Waals surface area contributed by atoms with Gasteiger partial charge in [0.25, 0.3) is 0 Å². The van der Waals surface area contributed by atoms with Gasteiger partial charge in [0.1, 0.15) is 0 Å². The molecular formula is C18H18N2O. The van der Waals surface area contributed by atoms with Crippen molar-refractivity contribution in [1.82, 2.24) is 9.78 Å². The lowest BCUT2D eigenvalue weighted by atomic mass is 9.97. The van der Waals surface area contributed by atoms with Crippen LogP contribution in [0.5, 0.6) is 0 Å². The van der Waals surface area contributed by atoms with Crippen LogP contribution in [0.2, 0.25) is 0 Å². The summed E-state index contributed by atoms with van der Waals surface area (Å²) in [5.74, 6) is 0.144. The molecule has 0 spiro atoms. The van der Waals surface area contributed by atoms with Crippen molar-refractivity contribution in [1.29, 1.82) is 0 Å². The van der Waals surface area contributed by atoms with Gasteiger partial charge in [-0.25, -0.2) is 0 Å². The highest BCUT2D eigenvalue weighted by molar-refractivity contribution is 6.08. The van der Waals surface area contributed by atoms with Crippen molar-refractivity contribution in [3.63, 3.8) is 0 Å². The summed E-state index contributed by atoms with van der Waals surface area (Å²) in [6.45, 7) is 3.96. The van der Waals surface area contributed by atoms with Crippen LogP contribution in [0.3, 0.4) is 0 Å². The van der Waals surface area contributed by atoms with E-state index in [2.05, 4.69) is 5.10 Å². The van der Waals surface area contributed by atoms with Crippen molar-refractivity contribution in [2.75, 3.05) is 0 Å². The maximum absolute atomic E-state index is 12.7. The maximum atomic E-state index is 12.7. The number of carbonyl (C=O) groups is 1. The third-order valence-electron chi connectivity index (χ3n) is 4.09. The normalized spacial score (nSPS) is 11.0. The van der Waals surface area contributed by atoms with E-state index in [1.54, 1.807) is 0 Å². The summed E-state index contributed by atoms with van der Waals surface area (Å²) in [5.41, 5.74) is 3.82. The van der Waals surface area contributed by atoms with E-state index in [1.165, 1.54) is 0 Å². The van der Waals surface area contributed by atoms with E-state index in [0.717, 1.165) is 33.3 Å². The van der Waals surface area contributed by atoms with Crippen molar-refractivity contribution in [2.45, 2.75) is 20.3 Å². The molecule has 0 radical (unpaired) electrons. The maximum Gasteiger partial charge on any atom is 0.167 e. The first-order chi connectivity index (χ1) is 10.1. The molecule has 0 atom stereocenters. The van der Waals surface area contributed by atoms with Crippen LogP contribution in [-0.4, -0.2) is 15.6 Å². The fourth-order valence-corrected chi connectivity index (χ4v) is 2.80. The van der Waals surface area contributed by atoms with Gasteiger partial charge in [0.05, 0.1) is 5.69 Å². The lowest BCUT2D eigenvalue weighted by Crippen LogP contribution is -2.06. The summed E-state index contributed by atoms with van der Waals surface area (Å²) in [7, 11) is 1.91. The molecule has 0 fully saturated rings. The number of fused-ring (bicyclic) bond motifs is 1. The SMILES string of the molecule is Cc1nn(C)c(C)c1CC(=O)c1cccc2ccccc12. The smallest absolute Gasteiger partial charge is 0.167 e. The number of rotatable bonds is 3. The Bertz CT molecular complexity index is 825. The Kier molecular flexibility index (Phi) is 3.34. The van der Waals surface area contributed by atoms with Gasteiger partial charge in [0.2, 0.25) is 0 Å². The second kappa shape index (κ2) is 5.17. The number of Topliss-reactive ketones (excluding diaryl/α,β-unsaturated/α-hetero) is 1. The second-order valence-corrected chi connectivity index (χ2v) is 5.40. The molecule has 0 unspecified atom stereocenters. The molecule has 3 nitrogen and oxygen atoms in total. The van der Waals surface area contributed by atoms with Gasteiger partial charge in [-0.15, -0.1) is 0 Å². The number of hydrogen-bond donors (Lipinski definition) is 0. The molecule has 0 saturated carbocycles. The predicted molar refractivity (Wildman–Crippen MR) is 84.7 cm³/mol. The minimum absolute atomic E-state index is 0.144. The molecule has 3 heteroatoms. The van der Waals surface area contributed by atoms with E-state index in [0.29, 0.717) is 6.42 Å². The topological polar surface area (TPSA) is 34.9 Å². The number of ketones is 1. The first-order valence-electron chi connectivity index (χ1n) is 7.08. The predicted octanol–water partition coefficient (Wildman–Crippen LogP) is 3.62. The Morgan fingerprint density at radius 1 is 1.10 bits per heavy atom. The summed E-state index contributed by atoms with van der Waals surface area (Å²) in [4.78, 5) is 12.7. The number of nitrogens with zero attached hydrogens (tertiary/aromatic N) is 2. The Balaban J connectivity index is 2.02. The van der Waals surface area contributed by atoms with E-state index >= 15 is 0 Å². The first-order valence-corrected chi connectivity index (χ1v) is 7.08. The quantitative estimate of drug-likeness (QED) is 0.686. The molecule has 21 heavy (non-hydrogen) atoms. The number of aromatic nitrogens is 2. The molecule has 0 bridgehead atoms. The zero-order valence-corrected chi connectivity index (χ0v) is 12.6. The van der Waals surface area contributed by atoms with Crippen LogP contribution >= 0.6 is 0 Å². The van der Waals surface area contributed by atoms with Gasteiger partial charge < -0.3 is 0 Å². The van der Waals surface area contributed by atoms with Gasteiger partial charge >= 0.3 is 0 Å². The number of aryl methyl sites for hydroxylation is 2. The fraction of sp³-hybridized carbons (Fsp3) is 0.222. The third-order valence-corrected chi connectivity index (χ3v) is 4.09. The molecule has 2 aromatic carbocycles. The molecule has 0 amide bonds. The van der Waals surface area contributed by atoms with Crippen LogP contribution in [0.4, 0.5) is 0 Å². The Labute approximate surface area is 124 Å². The molecule has 0 N–H and O–H groups in total. The van der Waals surface area contributed by atoms with Gasteiger partial charge in [-0.05, 0) is 24.6 Å². The average molecular weight is 278 g/mol. The number of hydrogen-bond acceptors (Lipinski definition) is 2. The van der Waals surface area contributed by atoms with Crippen LogP contribution in [0.25, 0.3) is 10.8 Å². The molecular weight excluding hydrogens is 260 g/mol. The monoisotopic (exact) mass is 278 g/mol. The minimum Gasteiger partial charge on any atom is -0.294 e. The van der Waals surface area contributed by atoms with Crippen molar-refractivity contribution in [3.8, 4) is 0 Å². The lowest BCUT2D eigenvalue weighted by Gasteiger charge is -2.06. The van der Waals surface area contributed by atoms with Gasteiger partial charge in [0.15, 0.2) is 5.78 Å². The average Bonchev–Trinajstić information content (AvgIpc) is 2.73. The van der Waals surface area contributed by atoms with Crippen LogP contribution < -0.4 is 0 Å². The van der Waals surface area contributed by atoms with Gasteiger partial charge in [-0.1, -0.05) is 42.5 Å². The molecule has 3 aromatic rings. The molecule has 0 saturated heterocycles. The molecule has 0 aliphatic carbocycles. The van der Waals surface area contributed by atoms with E-state index in [4.69, 9.17) is 0 Å². The first kappa shape index (κ1) is 13.6. The summed E-state index contributed by atoms with van der Waals surface area (Å²) < 4.78 is 1.83. The number of carbonyl (C=O) groups excluding carboxylic acids is 1. The zero-order chi connectivity index (χ0) is 15.0. The Morgan fingerprint density at radius 3 is 2.52 bits per heavy atom. The van der Waals surface area contributed by atoms with Crippen LogP contribution in [0.15, 0.2) is 42.5 Å². The summed E-state index contributed by atoms with van der Waals surface area (Å²) in [6, 6.07) is 13.9. The van der Waals surface area contributed by atoms with Crippen molar-refractivity contribution in [2.24, 2.45) is 7.05 Å². The minimum atomic E-state index is 0.144.